The summed E-state index contributed by atoms with van der Waals surface area (Å²) in [6.45, 7) is 2.17. The van der Waals surface area contributed by atoms with Crippen LogP contribution in [0.3, 0.4) is 0 Å². The number of phosphoric acid groups is 2. The van der Waals surface area contributed by atoms with Gasteiger partial charge in [0.2, 0.25) is 0 Å². The number of aliphatic hydroxyl groups excluding tert-OH is 2. The minimum absolute atomic E-state index is 0.0739. The molecule has 0 bridgehead atoms. The average molecular weight is 1290 g/mol. The van der Waals surface area contributed by atoms with Crippen molar-refractivity contribution in [3.05, 3.63) is 158 Å². The van der Waals surface area contributed by atoms with Crippen LogP contribution in [-0.4, -0.2) is 95.9 Å². The van der Waals surface area contributed by atoms with Crippen LogP contribution in [0.1, 0.15) is 213 Å². The molecule has 0 saturated heterocycles. The van der Waals surface area contributed by atoms with Gasteiger partial charge in [-0.1, -0.05) is 217 Å². The van der Waals surface area contributed by atoms with Gasteiger partial charge in [0, 0.05) is 19.3 Å². The monoisotopic (exact) mass is 1280 g/mol. The molecule has 5 atom stereocenters. The summed E-state index contributed by atoms with van der Waals surface area (Å²) in [7, 11) is -9.82. The molecule has 0 spiro atoms. The number of allylic oxidation sites excluding steroid dienone is 26. The summed E-state index contributed by atoms with van der Waals surface area (Å²) < 4.78 is 60.7. The third-order valence-electron chi connectivity index (χ3n) is 12.7. The van der Waals surface area contributed by atoms with Gasteiger partial charge < -0.3 is 34.2 Å². The van der Waals surface area contributed by atoms with Gasteiger partial charge in [0.1, 0.15) is 25.4 Å². The molecule has 0 aromatic rings. The van der Waals surface area contributed by atoms with E-state index < -0.39 is 91.5 Å². The standard InChI is InChI=1S/C71H114O16P2/c1-4-7-10-13-16-19-22-25-28-31-32-35-37-39-42-45-48-51-54-57-69(74)81-60-66(72)61-83-88(77,78)84-62-67(73)63-85-89(79,80)86-65-68(87-71(76)59-56-53-50-47-44-41-38-34-30-27-24-21-18-15-12-9-6-3)64-82-70(75)58-55-52-49-46-43-40-36-33-29-26-23-20-17-14-11-8-5-2/h7-12,16-21,25-30,32,35-36,39-40,42,46,49,66-68,72-73H,4-6,13-15,22-24,31,33-34,37-38,41,43-45,47-48,50-65H2,1-3H3,(H,77,78)(H,79,80)/b10-7-,11-8-,12-9-,19-16-,20-17-,21-18-,28-25-,29-26-,30-27-,35-32-,40-36-,42-39-,49-46-. The normalized spacial score (nSPS) is 15.3. The van der Waals surface area contributed by atoms with Crippen LogP contribution < -0.4 is 0 Å². The van der Waals surface area contributed by atoms with Crippen molar-refractivity contribution in [1.82, 2.24) is 0 Å². The lowest BCUT2D eigenvalue weighted by atomic mass is 10.1. The number of phosphoric ester groups is 2. The molecule has 89 heavy (non-hydrogen) atoms. The molecule has 16 nitrogen and oxygen atoms in total. The first-order chi connectivity index (χ1) is 43.2. The number of hydrogen-bond donors (Lipinski definition) is 4. The Kier molecular flexibility index (Phi) is 59.9. The first-order valence-corrected chi connectivity index (χ1v) is 35.8. The number of ether oxygens (including phenoxy) is 3. The van der Waals surface area contributed by atoms with Gasteiger partial charge in [-0.2, -0.15) is 0 Å². The number of carbonyl (C=O) groups is 3. The maximum Gasteiger partial charge on any atom is 0.472 e. The number of aliphatic hydroxyl groups is 2. The molecule has 0 aliphatic heterocycles. The van der Waals surface area contributed by atoms with Gasteiger partial charge >= 0.3 is 33.6 Å². The van der Waals surface area contributed by atoms with Crippen LogP contribution in [0.4, 0.5) is 0 Å². The Balaban J connectivity index is 4.81. The topological polar surface area (TPSA) is 231 Å². The van der Waals surface area contributed by atoms with E-state index in [9.17, 15) is 43.5 Å². The van der Waals surface area contributed by atoms with Crippen molar-refractivity contribution in [3.8, 4) is 0 Å². The van der Waals surface area contributed by atoms with Crippen LogP contribution in [0.25, 0.3) is 0 Å². The molecule has 0 amide bonds. The van der Waals surface area contributed by atoms with Crippen LogP contribution in [0.5, 0.6) is 0 Å². The lowest BCUT2D eigenvalue weighted by molar-refractivity contribution is -0.161. The first-order valence-electron chi connectivity index (χ1n) is 32.8. The molecule has 4 N–H and O–H groups in total. The van der Waals surface area contributed by atoms with E-state index in [1.54, 1.807) is 0 Å². The molecule has 0 aliphatic carbocycles. The molecule has 0 saturated carbocycles. The largest absolute Gasteiger partial charge is 0.472 e. The highest BCUT2D eigenvalue weighted by atomic mass is 31.2. The first kappa shape index (κ1) is 84.2. The molecule has 0 aromatic carbocycles. The second-order valence-electron chi connectivity index (χ2n) is 21.1. The van der Waals surface area contributed by atoms with Crippen molar-refractivity contribution in [2.75, 3.05) is 39.6 Å². The summed E-state index contributed by atoms with van der Waals surface area (Å²) in [4.78, 5) is 58.3. The molecular weight excluding hydrogens is 1170 g/mol. The zero-order valence-corrected chi connectivity index (χ0v) is 56.1. The highest BCUT2D eigenvalue weighted by molar-refractivity contribution is 7.47. The highest BCUT2D eigenvalue weighted by Gasteiger charge is 2.29. The second-order valence-corrected chi connectivity index (χ2v) is 24.0. The Morgan fingerprint density at radius 1 is 0.315 bits per heavy atom. The SMILES string of the molecule is CC/C=C\C/C=C\C/C=C\C/C=C\C/C=C\CCCCCC(=O)OCC(O)COP(=O)(O)OCC(O)COP(=O)(O)OCC(COC(=O)CCC/C=C\C/C=C\C/C=C\C/C=C\C/C=C\CC)OC(=O)CCCCCCCCC/C=C\C/C=C\C/C=C\CC. The molecular formula is C71H114O16P2. The highest BCUT2D eigenvalue weighted by Crippen LogP contribution is 2.45. The molecule has 0 radical (unpaired) electrons. The van der Waals surface area contributed by atoms with Gasteiger partial charge in [0.25, 0.3) is 0 Å². The van der Waals surface area contributed by atoms with Crippen LogP contribution in [0, 0.1) is 0 Å². The van der Waals surface area contributed by atoms with Crippen LogP contribution >= 0.6 is 15.6 Å². The maximum atomic E-state index is 12.9. The van der Waals surface area contributed by atoms with Crippen molar-refractivity contribution < 1.29 is 75.8 Å². The van der Waals surface area contributed by atoms with E-state index in [0.29, 0.717) is 25.7 Å². The zero-order valence-electron chi connectivity index (χ0n) is 54.3. The van der Waals surface area contributed by atoms with Crippen molar-refractivity contribution in [3.63, 3.8) is 0 Å². The Labute approximate surface area is 536 Å². The van der Waals surface area contributed by atoms with Crippen LogP contribution in [0.2, 0.25) is 0 Å². The van der Waals surface area contributed by atoms with E-state index >= 15 is 0 Å². The van der Waals surface area contributed by atoms with Crippen LogP contribution in [-0.2, 0) is 55.8 Å². The number of hydrogen-bond acceptors (Lipinski definition) is 14. The van der Waals surface area contributed by atoms with Gasteiger partial charge in [-0.25, -0.2) is 9.13 Å². The fourth-order valence-electron chi connectivity index (χ4n) is 7.82. The number of rotatable bonds is 60. The van der Waals surface area contributed by atoms with Crippen molar-refractivity contribution in [2.24, 2.45) is 0 Å². The summed E-state index contributed by atoms with van der Waals surface area (Å²) in [5.74, 6) is -1.70. The summed E-state index contributed by atoms with van der Waals surface area (Å²) in [6, 6.07) is 0. The maximum absolute atomic E-state index is 12.9. The summed E-state index contributed by atoms with van der Waals surface area (Å²) in [5.41, 5.74) is 0. The average Bonchev–Trinajstić information content (AvgIpc) is 3.54. The Hall–Kier alpha value is -4.83. The minimum atomic E-state index is -4.95. The van der Waals surface area contributed by atoms with Gasteiger partial charge in [-0.05, 0) is 135 Å². The summed E-state index contributed by atoms with van der Waals surface area (Å²) in [6.07, 6.45) is 75.9. The van der Waals surface area contributed by atoms with Crippen LogP contribution in [0.15, 0.2) is 158 Å². The summed E-state index contributed by atoms with van der Waals surface area (Å²) in [5, 5.41) is 20.5. The quantitative estimate of drug-likeness (QED) is 0.0146. The Morgan fingerprint density at radius 3 is 0.944 bits per heavy atom. The molecule has 5 unspecified atom stereocenters. The van der Waals surface area contributed by atoms with Gasteiger partial charge in [-0.3, -0.25) is 32.5 Å². The van der Waals surface area contributed by atoms with E-state index in [-0.39, 0.29) is 19.3 Å². The van der Waals surface area contributed by atoms with Crippen molar-refractivity contribution >= 4 is 33.6 Å². The molecule has 0 aliphatic rings. The molecule has 0 fully saturated rings. The summed E-state index contributed by atoms with van der Waals surface area (Å²) >= 11 is 0. The van der Waals surface area contributed by atoms with E-state index in [1.165, 1.54) is 0 Å². The molecule has 0 heterocycles. The smallest absolute Gasteiger partial charge is 0.463 e. The van der Waals surface area contributed by atoms with Crippen molar-refractivity contribution in [2.45, 2.75) is 232 Å². The predicted molar refractivity (Wildman–Crippen MR) is 362 cm³/mol. The minimum Gasteiger partial charge on any atom is -0.463 e. The molecule has 504 valence electrons. The van der Waals surface area contributed by atoms with Crippen molar-refractivity contribution in [1.29, 1.82) is 0 Å². The molecule has 18 heteroatoms. The third-order valence-corrected chi connectivity index (χ3v) is 14.6. The zero-order chi connectivity index (χ0) is 65.3. The molecule has 0 aromatic heterocycles. The van der Waals surface area contributed by atoms with Gasteiger partial charge in [-0.15, -0.1) is 0 Å². The van der Waals surface area contributed by atoms with E-state index in [4.69, 9.17) is 32.3 Å². The van der Waals surface area contributed by atoms with E-state index in [0.717, 1.165) is 148 Å². The number of esters is 3. The van der Waals surface area contributed by atoms with Gasteiger partial charge in [0.15, 0.2) is 6.10 Å². The Bertz CT molecular complexity index is 2250. The fourth-order valence-corrected chi connectivity index (χ4v) is 9.41. The third kappa shape index (κ3) is 64.5. The fraction of sp³-hybridized carbons (Fsp3) is 0.592. The number of unbranched alkanes of at least 4 members (excludes halogenated alkanes) is 11. The lowest BCUT2D eigenvalue weighted by Crippen LogP contribution is -2.30. The van der Waals surface area contributed by atoms with Gasteiger partial charge in [0.05, 0.1) is 26.4 Å². The lowest BCUT2D eigenvalue weighted by Gasteiger charge is -2.21. The second kappa shape index (κ2) is 63.3. The predicted octanol–water partition coefficient (Wildman–Crippen LogP) is 18.0. The van der Waals surface area contributed by atoms with E-state index in [2.05, 4.69) is 167 Å². The molecule has 0 rings (SSSR count). The Morgan fingerprint density at radius 2 is 0.573 bits per heavy atom. The number of carbonyl (C=O) groups excluding carboxylic acids is 3. The van der Waals surface area contributed by atoms with E-state index in [1.807, 2.05) is 12.2 Å².